The van der Waals surface area contributed by atoms with Crippen molar-refractivity contribution in [1.29, 1.82) is 0 Å². The topological polar surface area (TPSA) is 58.4 Å². The number of nitrogens with zero attached hydrogens (tertiary/aromatic N) is 1. The van der Waals surface area contributed by atoms with E-state index in [1.807, 2.05) is 52.2 Å². The number of nitrogens with one attached hydrogen (secondary N) is 1. The van der Waals surface area contributed by atoms with E-state index in [1.165, 1.54) is 0 Å². The van der Waals surface area contributed by atoms with Crippen LogP contribution in [0.3, 0.4) is 0 Å². The van der Waals surface area contributed by atoms with Crippen molar-refractivity contribution in [1.82, 2.24) is 4.90 Å². The van der Waals surface area contributed by atoms with Crippen LogP contribution >= 0.6 is 0 Å². The predicted molar refractivity (Wildman–Crippen MR) is 75.3 cm³/mol. The van der Waals surface area contributed by atoms with Crippen molar-refractivity contribution in [2.75, 3.05) is 19.4 Å². The van der Waals surface area contributed by atoms with Crippen LogP contribution in [0.4, 0.5) is 5.69 Å². The van der Waals surface area contributed by atoms with E-state index in [0.29, 0.717) is 0 Å². The van der Waals surface area contributed by atoms with Crippen molar-refractivity contribution >= 4 is 11.6 Å². The Morgan fingerprint density at radius 2 is 2.06 bits per heavy atom. The fourth-order valence-corrected chi connectivity index (χ4v) is 1.64. The van der Waals surface area contributed by atoms with Crippen molar-refractivity contribution < 1.29 is 4.79 Å². The highest BCUT2D eigenvalue weighted by atomic mass is 16.2. The number of carbonyl (C=O) groups excluding carboxylic acids is 1. The zero-order valence-electron chi connectivity index (χ0n) is 11.6. The molecule has 0 saturated carbocycles. The first-order valence-corrected chi connectivity index (χ1v) is 6.20. The van der Waals surface area contributed by atoms with E-state index in [9.17, 15) is 4.79 Å². The van der Waals surface area contributed by atoms with Gasteiger partial charge in [-0.25, -0.2) is 0 Å². The van der Waals surface area contributed by atoms with Crippen LogP contribution in [0.2, 0.25) is 0 Å². The summed E-state index contributed by atoms with van der Waals surface area (Å²) in [5, 5.41) is 2.85. The number of rotatable bonds is 5. The summed E-state index contributed by atoms with van der Waals surface area (Å²) in [4.78, 5) is 13.9. The molecule has 0 aliphatic rings. The first kappa shape index (κ1) is 14.7. The lowest BCUT2D eigenvalue weighted by Gasteiger charge is -2.16. The van der Waals surface area contributed by atoms with Crippen LogP contribution in [0.5, 0.6) is 0 Å². The molecule has 0 saturated heterocycles. The number of amides is 1. The molecule has 1 amide bonds. The van der Waals surface area contributed by atoms with E-state index in [1.54, 1.807) is 0 Å². The van der Waals surface area contributed by atoms with Crippen LogP contribution in [0, 0.1) is 5.92 Å². The number of hydrogen-bond donors (Lipinski definition) is 2. The Morgan fingerprint density at radius 1 is 1.39 bits per heavy atom. The molecule has 0 aromatic heterocycles. The Kier molecular flexibility index (Phi) is 5.31. The van der Waals surface area contributed by atoms with Crippen molar-refractivity contribution in [2.45, 2.75) is 26.4 Å². The maximum atomic E-state index is 11.8. The molecule has 0 bridgehead atoms. The molecule has 1 rings (SSSR count). The monoisotopic (exact) mass is 249 g/mol. The minimum atomic E-state index is -0.470. The number of hydrogen-bond acceptors (Lipinski definition) is 3. The molecule has 1 aromatic carbocycles. The molecular formula is C14H23N3O. The summed E-state index contributed by atoms with van der Waals surface area (Å²) < 4.78 is 0. The van der Waals surface area contributed by atoms with Gasteiger partial charge in [-0.1, -0.05) is 26.0 Å². The number of anilines is 1. The van der Waals surface area contributed by atoms with Crippen LogP contribution in [0.25, 0.3) is 0 Å². The molecule has 0 unspecified atom stereocenters. The molecule has 1 aromatic rings. The minimum absolute atomic E-state index is 0.132. The Balaban J connectivity index is 2.70. The third-order valence-electron chi connectivity index (χ3n) is 2.71. The van der Waals surface area contributed by atoms with Gasteiger partial charge in [0.2, 0.25) is 5.91 Å². The van der Waals surface area contributed by atoms with Crippen LogP contribution in [-0.4, -0.2) is 30.9 Å². The molecule has 100 valence electrons. The molecule has 4 nitrogen and oxygen atoms in total. The summed E-state index contributed by atoms with van der Waals surface area (Å²) in [7, 11) is 4.03. The van der Waals surface area contributed by atoms with Gasteiger partial charge in [0.05, 0.1) is 6.04 Å². The van der Waals surface area contributed by atoms with E-state index in [4.69, 9.17) is 5.73 Å². The molecule has 1 atom stereocenters. The summed E-state index contributed by atoms with van der Waals surface area (Å²) in [6.07, 6.45) is 0. The molecule has 3 N–H and O–H groups in total. The van der Waals surface area contributed by atoms with Gasteiger partial charge in [-0.2, -0.15) is 0 Å². The van der Waals surface area contributed by atoms with Crippen molar-refractivity contribution in [3.63, 3.8) is 0 Å². The molecule has 0 fully saturated rings. The molecule has 0 aliphatic heterocycles. The van der Waals surface area contributed by atoms with Gasteiger partial charge in [-0.05, 0) is 37.7 Å². The molecule has 0 aliphatic carbocycles. The lowest BCUT2D eigenvalue weighted by molar-refractivity contribution is -0.118. The molecule has 0 heterocycles. The van der Waals surface area contributed by atoms with E-state index < -0.39 is 6.04 Å². The second kappa shape index (κ2) is 6.52. The zero-order valence-corrected chi connectivity index (χ0v) is 11.6. The van der Waals surface area contributed by atoms with Gasteiger partial charge in [0.25, 0.3) is 0 Å². The predicted octanol–water partition coefficient (Wildman–Crippen LogP) is 1.67. The third kappa shape index (κ3) is 4.47. The Labute approximate surface area is 109 Å². The smallest absolute Gasteiger partial charge is 0.241 e. The summed E-state index contributed by atoms with van der Waals surface area (Å²) in [6, 6.07) is 7.37. The van der Waals surface area contributed by atoms with Crippen LogP contribution < -0.4 is 11.1 Å². The largest absolute Gasteiger partial charge is 0.325 e. The highest BCUT2D eigenvalue weighted by Crippen LogP contribution is 2.13. The number of nitrogens with two attached hydrogens (primary N) is 1. The van der Waals surface area contributed by atoms with E-state index in [0.717, 1.165) is 17.8 Å². The lowest BCUT2D eigenvalue weighted by atomic mass is 10.0. The minimum Gasteiger partial charge on any atom is -0.325 e. The quantitative estimate of drug-likeness (QED) is 0.834. The summed E-state index contributed by atoms with van der Waals surface area (Å²) in [5.41, 5.74) is 7.77. The van der Waals surface area contributed by atoms with Gasteiger partial charge < -0.3 is 16.0 Å². The Bertz CT molecular complexity index is 402. The lowest BCUT2D eigenvalue weighted by Crippen LogP contribution is -2.39. The summed E-state index contributed by atoms with van der Waals surface area (Å²) in [6.45, 7) is 4.72. The Morgan fingerprint density at radius 3 is 2.61 bits per heavy atom. The standard InChI is InChI=1S/C14H23N3O/c1-10(2)13(15)14(18)16-12-7-5-6-11(8-12)9-17(3)4/h5-8,10,13H,9,15H2,1-4H3,(H,16,18)/t13-/m0/s1. The first-order valence-electron chi connectivity index (χ1n) is 6.20. The number of benzene rings is 1. The normalized spacial score (nSPS) is 12.8. The summed E-state index contributed by atoms with van der Waals surface area (Å²) >= 11 is 0. The third-order valence-corrected chi connectivity index (χ3v) is 2.71. The van der Waals surface area contributed by atoms with Crippen molar-refractivity contribution in [3.8, 4) is 0 Å². The van der Waals surface area contributed by atoms with Crippen LogP contribution in [0.1, 0.15) is 19.4 Å². The molecule has 0 spiro atoms. The molecule has 18 heavy (non-hydrogen) atoms. The van der Waals surface area contributed by atoms with Crippen LogP contribution in [0.15, 0.2) is 24.3 Å². The van der Waals surface area contributed by atoms with E-state index in [2.05, 4.69) is 10.2 Å². The second-order valence-electron chi connectivity index (χ2n) is 5.20. The second-order valence-corrected chi connectivity index (χ2v) is 5.20. The van der Waals surface area contributed by atoms with Crippen molar-refractivity contribution in [3.05, 3.63) is 29.8 Å². The average molecular weight is 249 g/mol. The highest BCUT2D eigenvalue weighted by molar-refractivity contribution is 5.94. The maximum absolute atomic E-state index is 11.8. The van der Waals surface area contributed by atoms with E-state index >= 15 is 0 Å². The molecule has 0 radical (unpaired) electrons. The maximum Gasteiger partial charge on any atom is 0.241 e. The fraction of sp³-hybridized carbons (Fsp3) is 0.500. The van der Waals surface area contributed by atoms with Gasteiger partial charge >= 0.3 is 0 Å². The number of carbonyl (C=O) groups is 1. The summed E-state index contributed by atoms with van der Waals surface area (Å²) in [5.74, 6) is 0.00182. The van der Waals surface area contributed by atoms with Gasteiger partial charge in [-0.3, -0.25) is 4.79 Å². The van der Waals surface area contributed by atoms with Gasteiger partial charge in [0, 0.05) is 12.2 Å². The first-order chi connectivity index (χ1) is 8.40. The van der Waals surface area contributed by atoms with Crippen molar-refractivity contribution in [2.24, 2.45) is 11.7 Å². The van der Waals surface area contributed by atoms with Gasteiger partial charge in [-0.15, -0.1) is 0 Å². The van der Waals surface area contributed by atoms with Gasteiger partial charge in [0.15, 0.2) is 0 Å². The van der Waals surface area contributed by atoms with Crippen LogP contribution in [-0.2, 0) is 11.3 Å². The Hall–Kier alpha value is -1.39. The average Bonchev–Trinajstić information content (AvgIpc) is 2.27. The van der Waals surface area contributed by atoms with Gasteiger partial charge in [0.1, 0.15) is 0 Å². The van der Waals surface area contributed by atoms with E-state index in [-0.39, 0.29) is 11.8 Å². The SMILES string of the molecule is CC(C)[C@H](N)C(=O)Nc1cccc(CN(C)C)c1. The fourth-order valence-electron chi connectivity index (χ4n) is 1.64. The molecular weight excluding hydrogens is 226 g/mol. The highest BCUT2D eigenvalue weighted by Gasteiger charge is 2.17. The zero-order chi connectivity index (χ0) is 13.7. The molecule has 4 heteroatoms.